The van der Waals surface area contributed by atoms with E-state index < -0.39 is 12.1 Å². The molecule has 2 aromatic rings. The van der Waals surface area contributed by atoms with E-state index in [1.807, 2.05) is 19.1 Å². The SMILES string of the molecule is CCOC(=O)c1c(NC(=O)[C@H]2CCCO2)sc(C)c1-c1ccc(Cl)cc1. The molecule has 26 heavy (non-hydrogen) atoms. The number of carbonyl (C=O) groups is 2. The van der Waals surface area contributed by atoms with Crippen molar-refractivity contribution in [1.82, 2.24) is 0 Å². The van der Waals surface area contributed by atoms with Crippen LogP contribution in [0.5, 0.6) is 0 Å². The highest BCUT2D eigenvalue weighted by Gasteiger charge is 2.29. The average Bonchev–Trinajstić information content (AvgIpc) is 3.24. The first kappa shape index (κ1) is 18.9. The maximum absolute atomic E-state index is 12.6. The number of anilines is 1. The molecule has 1 aliphatic heterocycles. The first-order valence-electron chi connectivity index (χ1n) is 8.50. The molecule has 5 nitrogen and oxygen atoms in total. The predicted octanol–water partition coefficient (Wildman–Crippen LogP) is 4.67. The van der Waals surface area contributed by atoms with Crippen LogP contribution in [0.4, 0.5) is 5.00 Å². The number of carbonyl (C=O) groups excluding carboxylic acids is 2. The fourth-order valence-corrected chi connectivity index (χ4v) is 4.16. The monoisotopic (exact) mass is 393 g/mol. The van der Waals surface area contributed by atoms with Crippen LogP contribution >= 0.6 is 22.9 Å². The van der Waals surface area contributed by atoms with E-state index in [1.165, 1.54) is 11.3 Å². The fourth-order valence-electron chi connectivity index (χ4n) is 2.97. The van der Waals surface area contributed by atoms with Crippen LogP contribution in [0.15, 0.2) is 24.3 Å². The minimum absolute atomic E-state index is 0.225. The van der Waals surface area contributed by atoms with Gasteiger partial charge in [0.25, 0.3) is 5.91 Å². The van der Waals surface area contributed by atoms with E-state index in [0.29, 0.717) is 28.6 Å². The Balaban J connectivity index is 2.00. The summed E-state index contributed by atoms with van der Waals surface area (Å²) in [6.07, 6.45) is 1.09. The third-order valence-corrected chi connectivity index (χ3v) is 5.43. The zero-order chi connectivity index (χ0) is 18.7. The Morgan fingerprint density at radius 1 is 1.35 bits per heavy atom. The van der Waals surface area contributed by atoms with Gasteiger partial charge in [-0.1, -0.05) is 23.7 Å². The maximum Gasteiger partial charge on any atom is 0.341 e. The van der Waals surface area contributed by atoms with Gasteiger partial charge in [-0.25, -0.2) is 4.79 Å². The molecular formula is C19H20ClNO4S. The number of amides is 1. The fraction of sp³-hybridized carbons (Fsp3) is 0.368. The molecule has 1 aromatic carbocycles. The van der Waals surface area contributed by atoms with Gasteiger partial charge in [0.15, 0.2) is 0 Å². The Kier molecular flexibility index (Phi) is 5.96. The summed E-state index contributed by atoms with van der Waals surface area (Å²) < 4.78 is 10.7. The number of hydrogen-bond acceptors (Lipinski definition) is 5. The molecule has 1 amide bonds. The molecule has 7 heteroatoms. The van der Waals surface area contributed by atoms with Gasteiger partial charge in [-0.2, -0.15) is 0 Å². The predicted molar refractivity (Wildman–Crippen MR) is 103 cm³/mol. The molecule has 1 atom stereocenters. The third kappa shape index (κ3) is 3.92. The quantitative estimate of drug-likeness (QED) is 0.749. The lowest BCUT2D eigenvalue weighted by Gasteiger charge is -2.11. The molecule has 0 unspecified atom stereocenters. The van der Waals surface area contributed by atoms with Crippen molar-refractivity contribution in [2.45, 2.75) is 32.8 Å². The van der Waals surface area contributed by atoms with Gasteiger partial charge < -0.3 is 14.8 Å². The minimum Gasteiger partial charge on any atom is -0.462 e. The second-order valence-electron chi connectivity index (χ2n) is 5.96. The van der Waals surface area contributed by atoms with Gasteiger partial charge in [0.2, 0.25) is 0 Å². The van der Waals surface area contributed by atoms with E-state index in [0.717, 1.165) is 22.4 Å². The van der Waals surface area contributed by atoms with Crippen molar-refractivity contribution in [2.24, 2.45) is 0 Å². The number of ether oxygens (including phenoxy) is 2. The Hall–Kier alpha value is -1.89. The summed E-state index contributed by atoms with van der Waals surface area (Å²) in [5, 5.41) is 3.97. The standard InChI is InChI=1S/C19H20ClNO4S/c1-3-24-19(23)16-15(12-6-8-13(20)9-7-12)11(2)26-18(16)21-17(22)14-5-4-10-25-14/h6-9,14H,3-5,10H2,1-2H3,(H,21,22)/t14-/m1/s1. The van der Waals surface area contributed by atoms with Crippen LogP contribution in [0.2, 0.25) is 5.02 Å². The van der Waals surface area contributed by atoms with Gasteiger partial charge in [0.05, 0.1) is 6.61 Å². The van der Waals surface area contributed by atoms with Gasteiger partial charge in [-0.15, -0.1) is 11.3 Å². The lowest BCUT2D eigenvalue weighted by Crippen LogP contribution is -2.27. The van der Waals surface area contributed by atoms with Crippen molar-refractivity contribution >= 4 is 39.8 Å². The van der Waals surface area contributed by atoms with Crippen LogP contribution in [0, 0.1) is 6.92 Å². The molecule has 3 rings (SSSR count). The highest BCUT2D eigenvalue weighted by molar-refractivity contribution is 7.17. The van der Waals surface area contributed by atoms with Crippen LogP contribution in [-0.2, 0) is 14.3 Å². The zero-order valence-electron chi connectivity index (χ0n) is 14.6. The number of benzene rings is 1. The summed E-state index contributed by atoms with van der Waals surface area (Å²) in [7, 11) is 0. The molecular weight excluding hydrogens is 374 g/mol. The number of thiophene rings is 1. The van der Waals surface area contributed by atoms with Gasteiger partial charge in [0.1, 0.15) is 16.7 Å². The van der Waals surface area contributed by atoms with Gasteiger partial charge in [-0.3, -0.25) is 4.79 Å². The molecule has 0 bridgehead atoms. The number of hydrogen-bond donors (Lipinski definition) is 1. The molecule has 0 spiro atoms. The number of nitrogens with one attached hydrogen (secondary N) is 1. The minimum atomic E-state index is -0.466. The van der Waals surface area contributed by atoms with Crippen LogP contribution in [0.25, 0.3) is 11.1 Å². The van der Waals surface area contributed by atoms with Crippen molar-refractivity contribution in [3.63, 3.8) is 0 Å². The largest absolute Gasteiger partial charge is 0.462 e. The van der Waals surface area contributed by atoms with Crippen molar-refractivity contribution in [1.29, 1.82) is 0 Å². The van der Waals surface area contributed by atoms with Crippen LogP contribution in [0.1, 0.15) is 35.0 Å². The molecule has 2 heterocycles. The average molecular weight is 394 g/mol. The van der Waals surface area contributed by atoms with Gasteiger partial charge in [0, 0.05) is 22.1 Å². The summed E-state index contributed by atoms with van der Waals surface area (Å²) in [6, 6.07) is 7.25. The third-order valence-electron chi connectivity index (χ3n) is 4.16. The summed E-state index contributed by atoms with van der Waals surface area (Å²) >= 11 is 7.34. The van der Waals surface area contributed by atoms with Crippen LogP contribution < -0.4 is 5.32 Å². The topological polar surface area (TPSA) is 64.6 Å². The van der Waals surface area contributed by atoms with Crippen LogP contribution in [0.3, 0.4) is 0 Å². The number of esters is 1. The molecule has 1 aliphatic rings. The summed E-state index contributed by atoms with van der Waals surface area (Å²) in [5.41, 5.74) is 1.99. The zero-order valence-corrected chi connectivity index (χ0v) is 16.2. The molecule has 0 aliphatic carbocycles. The van der Waals surface area contributed by atoms with Gasteiger partial charge in [-0.05, 0) is 44.4 Å². The van der Waals surface area contributed by atoms with Gasteiger partial charge >= 0.3 is 5.97 Å². The van der Waals surface area contributed by atoms with E-state index in [9.17, 15) is 9.59 Å². The molecule has 1 fully saturated rings. The van der Waals surface area contributed by atoms with E-state index >= 15 is 0 Å². The summed E-state index contributed by atoms with van der Waals surface area (Å²) in [5.74, 6) is -0.679. The Labute approximate surface area is 161 Å². The highest BCUT2D eigenvalue weighted by atomic mass is 35.5. The second-order valence-corrected chi connectivity index (χ2v) is 7.62. The van der Waals surface area contributed by atoms with Crippen molar-refractivity contribution in [3.05, 3.63) is 39.7 Å². The highest BCUT2D eigenvalue weighted by Crippen LogP contribution is 2.41. The first-order chi connectivity index (χ1) is 12.5. The molecule has 1 N–H and O–H groups in total. The summed E-state index contributed by atoms with van der Waals surface area (Å²) in [6.45, 7) is 4.51. The van der Waals surface area contributed by atoms with Crippen molar-refractivity contribution < 1.29 is 19.1 Å². The van der Waals surface area contributed by atoms with E-state index in [4.69, 9.17) is 21.1 Å². The number of aryl methyl sites for hydroxylation is 1. The lowest BCUT2D eigenvalue weighted by atomic mass is 10.0. The molecule has 138 valence electrons. The second kappa shape index (κ2) is 8.20. The van der Waals surface area contributed by atoms with E-state index in [-0.39, 0.29) is 12.5 Å². The Morgan fingerprint density at radius 3 is 2.69 bits per heavy atom. The molecule has 0 radical (unpaired) electrons. The first-order valence-corrected chi connectivity index (χ1v) is 9.69. The maximum atomic E-state index is 12.6. The molecule has 1 aromatic heterocycles. The molecule has 0 saturated carbocycles. The molecule has 1 saturated heterocycles. The van der Waals surface area contributed by atoms with E-state index in [2.05, 4.69) is 5.32 Å². The van der Waals surface area contributed by atoms with E-state index in [1.54, 1.807) is 19.1 Å². The number of halogens is 1. The smallest absolute Gasteiger partial charge is 0.341 e. The van der Waals surface area contributed by atoms with Crippen molar-refractivity contribution in [3.8, 4) is 11.1 Å². The van der Waals surface area contributed by atoms with Crippen LogP contribution in [-0.4, -0.2) is 31.2 Å². The lowest BCUT2D eigenvalue weighted by molar-refractivity contribution is -0.124. The van der Waals surface area contributed by atoms with Crippen molar-refractivity contribution in [2.75, 3.05) is 18.5 Å². The number of rotatable bonds is 5. The summed E-state index contributed by atoms with van der Waals surface area (Å²) in [4.78, 5) is 26.0. The Bertz CT molecular complexity index is 810. The normalized spacial score (nSPS) is 16.5. The Morgan fingerprint density at radius 2 is 2.08 bits per heavy atom.